The van der Waals surface area contributed by atoms with Gasteiger partial charge in [0.2, 0.25) is 5.89 Å². The lowest BCUT2D eigenvalue weighted by molar-refractivity contribution is -0.384. The van der Waals surface area contributed by atoms with E-state index in [1.165, 1.54) is 36.0 Å². The molecule has 9 heteroatoms. The number of rotatable bonds is 8. The maximum absolute atomic E-state index is 12.8. The highest BCUT2D eigenvalue weighted by Crippen LogP contribution is 2.26. The highest BCUT2D eigenvalue weighted by molar-refractivity contribution is 7.99. The second kappa shape index (κ2) is 8.43. The zero-order valence-electron chi connectivity index (χ0n) is 13.5. The second-order valence-corrected chi connectivity index (χ2v) is 6.23. The smallest absolute Gasteiger partial charge is 0.276 e. The average Bonchev–Trinajstić information content (AvgIpc) is 3.12. The van der Waals surface area contributed by atoms with Crippen molar-refractivity contribution in [2.75, 3.05) is 12.4 Å². The molecule has 0 bridgehead atoms. The maximum Gasteiger partial charge on any atom is 0.276 e. The number of non-ortho nitro benzene ring substituents is 1. The van der Waals surface area contributed by atoms with E-state index in [-0.39, 0.29) is 17.4 Å². The first-order valence-electron chi connectivity index (χ1n) is 7.71. The first kappa shape index (κ1) is 17.9. The lowest BCUT2D eigenvalue weighted by atomic mass is 10.2. The molecular weight excluding hydrogens is 361 g/mol. The van der Waals surface area contributed by atoms with Crippen molar-refractivity contribution >= 4 is 17.4 Å². The van der Waals surface area contributed by atoms with E-state index < -0.39 is 4.92 Å². The maximum atomic E-state index is 12.8. The summed E-state index contributed by atoms with van der Waals surface area (Å²) in [6.07, 6.45) is 0.733. The van der Waals surface area contributed by atoms with Gasteiger partial charge >= 0.3 is 0 Å². The molecule has 0 aliphatic carbocycles. The molecule has 1 heterocycles. The van der Waals surface area contributed by atoms with Crippen molar-refractivity contribution < 1.29 is 18.5 Å². The van der Waals surface area contributed by atoms with Crippen molar-refractivity contribution in [1.82, 2.24) is 10.2 Å². The van der Waals surface area contributed by atoms with E-state index in [0.29, 0.717) is 28.9 Å². The first-order valence-corrected chi connectivity index (χ1v) is 8.70. The third-order valence-electron chi connectivity index (χ3n) is 3.31. The van der Waals surface area contributed by atoms with E-state index in [4.69, 9.17) is 9.15 Å². The largest absolute Gasteiger partial charge is 0.494 e. The van der Waals surface area contributed by atoms with Crippen LogP contribution in [0, 0.1) is 15.9 Å². The minimum atomic E-state index is -0.476. The van der Waals surface area contributed by atoms with Crippen molar-refractivity contribution in [1.29, 1.82) is 0 Å². The Labute approximate surface area is 152 Å². The lowest BCUT2D eigenvalue weighted by Crippen LogP contribution is -1.98. The lowest BCUT2D eigenvalue weighted by Gasteiger charge is -2.04. The van der Waals surface area contributed by atoms with E-state index in [1.807, 2.05) is 0 Å². The van der Waals surface area contributed by atoms with Gasteiger partial charge in [-0.3, -0.25) is 10.1 Å². The number of benzene rings is 2. The molecule has 0 saturated carbocycles. The van der Waals surface area contributed by atoms with Gasteiger partial charge in [0.05, 0.1) is 11.5 Å². The summed E-state index contributed by atoms with van der Waals surface area (Å²) in [7, 11) is 0. The second-order valence-electron chi connectivity index (χ2n) is 5.18. The van der Waals surface area contributed by atoms with E-state index in [9.17, 15) is 14.5 Å². The Morgan fingerprint density at radius 1 is 1.19 bits per heavy atom. The number of thioether (sulfide) groups is 1. The molecule has 0 radical (unpaired) electrons. The number of nitro groups is 1. The summed E-state index contributed by atoms with van der Waals surface area (Å²) < 4.78 is 23.8. The Bertz CT molecular complexity index is 886. The van der Waals surface area contributed by atoms with Crippen LogP contribution in [0.15, 0.2) is 58.2 Å². The molecule has 0 N–H and O–H groups in total. The van der Waals surface area contributed by atoms with E-state index in [2.05, 4.69) is 10.2 Å². The highest BCUT2D eigenvalue weighted by Gasteiger charge is 2.12. The van der Waals surface area contributed by atoms with E-state index in [0.717, 1.165) is 6.42 Å². The zero-order chi connectivity index (χ0) is 18.4. The van der Waals surface area contributed by atoms with Crippen LogP contribution >= 0.6 is 11.8 Å². The molecule has 0 unspecified atom stereocenters. The minimum absolute atomic E-state index is 0.0344. The van der Waals surface area contributed by atoms with Gasteiger partial charge in [-0.25, -0.2) is 4.39 Å². The summed E-state index contributed by atoms with van der Waals surface area (Å²) in [6, 6.07) is 11.9. The summed E-state index contributed by atoms with van der Waals surface area (Å²) in [4.78, 5) is 10.3. The van der Waals surface area contributed by atoms with Crippen LogP contribution in [0.2, 0.25) is 0 Å². The van der Waals surface area contributed by atoms with Crippen LogP contribution < -0.4 is 4.74 Å². The molecule has 0 atom stereocenters. The molecule has 7 nitrogen and oxygen atoms in total. The van der Waals surface area contributed by atoms with Crippen molar-refractivity contribution in [3.05, 3.63) is 64.5 Å². The molecule has 0 aliphatic heterocycles. The Morgan fingerprint density at radius 3 is 2.77 bits per heavy atom. The number of halogens is 1. The van der Waals surface area contributed by atoms with Crippen molar-refractivity contribution in [3.8, 4) is 17.2 Å². The fourth-order valence-electron chi connectivity index (χ4n) is 2.08. The van der Waals surface area contributed by atoms with Crippen LogP contribution in [0.25, 0.3) is 11.5 Å². The van der Waals surface area contributed by atoms with Crippen LogP contribution in [0.5, 0.6) is 5.75 Å². The van der Waals surface area contributed by atoms with Crippen molar-refractivity contribution in [2.24, 2.45) is 0 Å². The zero-order valence-corrected chi connectivity index (χ0v) is 14.3. The molecule has 26 heavy (non-hydrogen) atoms. The van der Waals surface area contributed by atoms with Crippen molar-refractivity contribution in [2.45, 2.75) is 11.6 Å². The van der Waals surface area contributed by atoms with E-state index >= 15 is 0 Å². The standard InChI is InChI=1S/C17H14FN3O4S/c18-13-5-7-15(8-6-13)24-9-2-10-26-17-20-19-16(25-17)12-3-1-4-14(11-12)21(22)23/h1,3-8,11H,2,9-10H2. The topological polar surface area (TPSA) is 91.3 Å². The quantitative estimate of drug-likeness (QED) is 0.250. The van der Waals surface area contributed by atoms with Crippen LogP contribution in [0.4, 0.5) is 10.1 Å². The van der Waals surface area contributed by atoms with Crippen LogP contribution in [0.1, 0.15) is 6.42 Å². The third kappa shape index (κ3) is 4.79. The Morgan fingerprint density at radius 2 is 2.00 bits per heavy atom. The number of nitro benzene ring substituents is 1. The number of hydrogen-bond donors (Lipinski definition) is 0. The summed E-state index contributed by atoms with van der Waals surface area (Å²) in [5.41, 5.74) is 0.464. The predicted octanol–water partition coefficient (Wildman–Crippen LogP) is 4.35. The van der Waals surface area contributed by atoms with Gasteiger partial charge < -0.3 is 9.15 Å². The normalized spacial score (nSPS) is 10.7. The summed E-state index contributed by atoms with van der Waals surface area (Å²) in [5, 5.41) is 19.0. The van der Waals surface area contributed by atoms with Crippen LogP contribution in [0.3, 0.4) is 0 Å². The van der Waals surface area contributed by atoms with Gasteiger partial charge in [-0.15, -0.1) is 10.2 Å². The van der Waals surface area contributed by atoms with Gasteiger partial charge in [0.25, 0.3) is 10.9 Å². The molecule has 0 aliphatic rings. The molecule has 3 aromatic rings. The van der Waals surface area contributed by atoms with Gasteiger partial charge in [-0.1, -0.05) is 17.8 Å². The summed E-state index contributed by atoms with van der Waals surface area (Å²) >= 11 is 1.37. The molecule has 2 aromatic carbocycles. The van der Waals surface area contributed by atoms with Gasteiger partial charge in [0.1, 0.15) is 11.6 Å². The fraction of sp³-hybridized carbons (Fsp3) is 0.176. The molecule has 0 fully saturated rings. The molecular formula is C17H14FN3O4S. The van der Waals surface area contributed by atoms with Crippen LogP contribution in [-0.4, -0.2) is 27.5 Å². The number of ether oxygens (including phenoxy) is 1. The summed E-state index contributed by atoms with van der Waals surface area (Å²) in [5.74, 6) is 1.24. The molecule has 134 valence electrons. The Hall–Kier alpha value is -2.94. The average molecular weight is 375 g/mol. The van der Waals surface area contributed by atoms with Crippen LogP contribution in [-0.2, 0) is 0 Å². The van der Waals surface area contributed by atoms with E-state index in [1.54, 1.807) is 24.3 Å². The van der Waals surface area contributed by atoms with Gasteiger partial charge in [-0.2, -0.15) is 0 Å². The Balaban J connectivity index is 1.47. The monoisotopic (exact) mass is 375 g/mol. The van der Waals surface area contributed by atoms with Gasteiger partial charge in [0, 0.05) is 23.4 Å². The molecule has 3 rings (SSSR count). The van der Waals surface area contributed by atoms with Crippen molar-refractivity contribution in [3.63, 3.8) is 0 Å². The summed E-state index contributed by atoms with van der Waals surface area (Å²) in [6.45, 7) is 0.477. The highest BCUT2D eigenvalue weighted by atomic mass is 32.2. The number of nitrogens with zero attached hydrogens (tertiary/aromatic N) is 3. The van der Waals surface area contributed by atoms with Gasteiger partial charge in [0.15, 0.2) is 0 Å². The molecule has 0 saturated heterocycles. The predicted molar refractivity (Wildman–Crippen MR) is 93.6 cm³/mol. The number of aromatic nitrogens is 2. The number of hydrogen-bond acceptors (Lipinski definition) is 7. The Kier molecular flexibility index (Phi) is 5.80. The fourth-order valence-corrected chi connectivity index (χ4v) is 2.75. The van der Waals surface area contributed by atoms with Gasteiger partial charge in [-0.05, 0) is 36.8 Å². The SMILES string of the molecule is O=[N+]([O-])c1cccc(-c2nnc(SCCCOc3ccc(F)cc3)o2)c1. The first-order chi connectivity index (χ1) is 12.6. The minimum Gasteiger partial charge on any atom is -0.494 e. The molecule has 0 spiro atoms. The molecule has 1 aromatic heterocycles. The molecule has 0 amide bonds. The third-order valence-corrected chi connectivity index (χ3v) is 4.21.